The van der Waals surface area contributed by atoms with Crippen LogP contribution in [0.2, 0.25) is 0 Å². The Balaban J connectivity index is 1.83. The van der Waals surface area contributed by atoms with Crippen LogP contribution in [0, 0.1) is 0 Å². The molecule has 104 valence electrons. The maximum Gasteiger partial charge on any atom is 0.251 e. The Kier molecular flexibility index (Phi) is 4.49. The van der Waals surface area contributed by atoms with Crippen molar-refractivity contribution in [1.82, 2.24) is 20.6 Å². The predicted molar refractivity (Wildman–Crippen MR) is 73.8 cm³/mol. The Morgan fingerprint density at radius 3 is 2.70 bits per heavy atom. The molecule has 0 aliphatic rings. The van der Waals surface area contributed by atoms with Crippen LogP contribution in [0.1, 0.15) is 23.1 Å². The van der Waals surface area contributed by atoms with Gasteiger partial charge in [0.05, 0.1) is 6.54 Å². The van der Waals surface area contributed by atoms with E-state index in [-0.39, 0.29) is 11.8 Å². The predicted octanol–water partition coefficient (Wildman–Crippen LogP) is 0.844. The molecule has 1 aromatic carbocycles. The molecule has 0 saturated carbocycles. The fourth-order valence-corrected chi connectivity index (χ4v) is 1.65. The van der Waals surface area contributed by atoms with Crippen LogP contribution < -0.4 is 10.6 Å². The summed E-state index contributed by atoms with van der Waals surface area (Å²) in [6, 6.07) is 8.16. The molecule has 0 fully saturated rings. The van der Waals surface area contributed by atoms with Crippen molar-refractivity contribution in [2.75, 3.05) is 0 Å². The molecule has 2 amide bonds. The average molecular weight is 272 g/mol. The molecule has 1 unspecified atom stereocenters. The van der Waals surface area contributed by atoms with Crippen LogP contribution in [-0.4, -0.2) is 27.8 Å². The number of carbonyl (C=O) groups is 2. The highest BCUT2D eigenvalue weighted by Gasteiger charge is 2.16. The first-order chi connectivity index (χ1) is 9.66. The molecule has 20 heavy (non-hydrogen) atoms. The fraction of sp³-hybridized carbons (Fsp3) is 0.214. The molecule has 0 aliphatic carbocycles. The van der Waals surface area contributed by atoms with E-state index in [1.807, 2.05) is 6.07 Å². The van der Waals surface area contributed by atoms with Crippen molar-refractivity contribution in [1.29, 1.82) is 0 Å². The van der Waals surface area contributed by atoms with Gasteiger partial charge in [0.1, 0.15) is 11.9 Å². The quantitative estimate of drug-likeness (QED) is 0.754. The molecular formula is C14H16N4O2. The summed E-state index contributed by atoms with van der Waals surface area (Å²) in [5.41, 5.74) is 0.526. The summed E-state index contributed by atoms with van der Waals surface area (Å²) >= 11 is 0. The molecule has 6 nitrogen and oxygen atoms in total. The SMILES string of the molecule is CC(NC(=O)c1ccccc1)C(=O)NCc1ncc[nH]1. The van der Waals surface area contributed by atoms with E-state index in [9.17, 15) is 9.59 Å². The van der Waals surface area contributed by atoms with Crippen LogP contribution in [0.4, 0.5) is 0 Å². The lowest BCUT2D eigenvalue weighted by atomic mass is 10.2. The van der Waals surface area contributed by atoms with Crippen LogP contribution in [-0.2, 0) is 11.3 Å². The first-order valence-corrected chi connectivity index (χ1v) is 6.28. The van der Waals surface area contributed by atoms with E-state index in [4.69, 9.17) is 0 Å². The highest BCUT2D eigenvalue weighted by atomic mass is 16.2. The third kappa shape index (κ3) is 3.68. The molecule has 1 aromatic heterocycles. The molecule has 0 radical (unpaired) electrons. The van der Waals surface area contributed by atoms with E-state index in [2.05, 4.69) is 20.6 Å². The lowest BCUT2D eigenvalue weighted by Gasteiger charge is -2.13. The second-order valence-electron chi connectivity index (χ2n) is 4.31. The third-order valence-electron chi connectivity index (χ3n) is 2.76. The highest BCUT2D eigenvalue weighted by molar-refractivity contribution is 5.97. The minimum atomic E-state index is -0.613. The number of hydrogen-bond acceptors (Lipinski definition) is 3. The van der Waals surface area contributed by atoms with Gasteiger partial charge in [-0.15, -0.1) is 0 Å². The Morgan fingerprint density at radius 1 is 1.30 bits per heavy atom. The molecule has 1 heterocycles. The van der Waals surface area contributed by atoms with E-state index in [0.29, 0.717) is 17.9 Å². The Labute approximate surface area is 116 Å². The molecule has 6 heteroatoms. The minimum Gasteiger partial charge on any atom is -0.347 e. The molecule has 2 rings (SSSR count). The lowest BCUT2D eigenvalue weighted by Crippen LogP contribution is -2.44. The van der Waals surface area contributed by atoms with Crippen LogP contribution in [0.25, 0.3) is 0 Å². The van der Waals surface area contributed by atoms with Gasteiger partial charge in [-0.1, -0.05) is 18.2 Å². The van der Waals surface area contributed by atoms with E-state index >= 15 is 0 Å². The van der Waals surface area contributed by atoms with Gasteiger partial charge >= 0.3 is 0 Å². The Morgan fingerprint density at radius 2 is 2.05 bits per heavy atom. The number of aromatic nitrogens is 2. The molecule has 1 atom stereocenters. The Hall–Kier alpha value is -2.63. The van der Waals surface area contributed by atoms with Gasteiger partial charge < -0.3 is 15.6 Å². The van der Waals surface area contributed by atoms with E-state index in [0.717, 1.165) is 0 Å². The van der Waals surface area contributed by atoms with Crippen molar-refractivity contribution >= 4 is 11.8 Å². The van der Waals surface area contributed by atoms with Crippen molar-refractivity contribution in [3.05, 3.63) is 54.1 Å². The number of benzene rings is 1. The molecule has 3 N–H and O–H groups in total. The zero-order valence-electron chi connectivity index (χ0n) is 11.1. The number of amides is 2. The Bertz CT molecular complexity index is 566. The van der Waals surface area contributed by atoms with Gasteiger partial charge in [0.25, 0.3) is 5.91 Å². The van der Waals surface area contributed by atoms with Crippen molar-refractivity contribution in [3.8, 4) is 0 Å². The summed E-state index contributed by atoms with van der Waals surface area (Å²) in [6.07, 6.45) is 3.30. The van der Waals surface area contributed by atoms with E-state index in [1.54, 1.807) is 43.6 Å². The number of nitrogens with zero attached hydrogens (tertiary/aromatic N) is 1. The van der Waals surface area contributed by atoms with Gasteiger partial charge in [0.2, 0.25) is 5.91 Å². The molecule has 0 saturated heterocycles. The number of hydrogen-bond donors (Lipinski definition) is 3. The fourth-order valence-electron chi connectivity index (χ4n) is 1.65. The van der Waals surface area contributed by atoms with Gasteiger partial charge in [-0.05, 0) is 19.1 Å². The highest BCUT2D eigenvalue weighted by Crippen LogP contribution is 1.99. The first-order valence-electron chi connectivity index (χ1n) is 6.28. The number of nitrogens with one attached hydrogen (secondary N) is 3. The smallest absolute Gasteiger partial charge is 0.251 e. The van der Waals surface area contributed by atoms with Crippen LogP contribution in [0.15, 0.2) is 42.7 Å². The van der Waals surface area contributed by atoms with Crippen molar-refractivity contribution in [2.45, 2.75) is 19.5 Å². The number of aromatic amines is 1. The van der Waals surface area contributed by atoms with Gasteiger partial charge in [-0.3, -0.25) is 9.59 Å². The molecular weight excluding hydrogens is 256 g/mol. The van der Waals surface area contributed by atoms with Crippen LogP contribution in [0.3, 0.4) is 0 Å². The number of H-pyrrole nitrogens is 1. The van der Waals surface area contributed by atoms with Crippen molar-refractivity contribution < 1.29 is 9.59 Å². The normalized spacial score (nSPS) is 11.7. The second kappa shape index (κ2) is 6.51. The van der Waals surface area contributed by atoms with Gasteiger partial charge in [0.15, 0.2) is 0 Å². The van der Waals surface area contributed by atoms with E-state index < -0.39 is 6.04 Å². The lowest BCUT2D eigenvalue weighted by molar-refractivity contribution is -0.122. The zero-order chi connectivity index (χ0) is 14.4. The summed E-state index contributed by atoms with van der Waals surface area (Å²) < 4.78 is 0. The van der Waals surface area contributed by atoms with E-state index in [1.165, 1.54) is 0 Å². The minimum absolute atomic E-state index is 0.259. The maximum atomic E-state index is 11.9. The zero-order valence-corrected chi connectivity index (χ0v) is 11.1. The topological polar surface area (TPSA) is 86.9 Å². The number of imidazole rings is 1. The van der Waals surface area contributed by atoms with Crippen molar-refractivity contribution in [3.63, 3.8) is 0 Å². The second-order valence-corrected chi connectivity index (χ2v) is 4.31. The average Bonchev–Trinajstić information content (AvgIpc) is 2.98. The molecule has 0 spiro atoms. The number of rotatable bonds is 5. The van der Waals surface area contributed by atoms with Crippen LogP contribution >= 0.6 is 0 Å². The van der Waals surface area contributed by atoms with Gasteiger partial charge in [-0.2, -0.15) is 0 Å². The largest absolute Gasteiger partial charge is 0.347 e. The summed E-state index contributed by atoms with van der Waals surface area (Å²) in [4.78, 5) is 30.6. The molecule has 0 bridgehead atoms. The summed E-state index contributed by atoms with van der Waals surface area (Å²) in [7, 11) is 0. The van der Waals surface area contributed by atoms with Gasteiger partial charge in [0, 0.05) is 18.0 Å². The van der Waals surface area contributed by atoms with Crippen molar-refractivity contribution in [2.24, 2.45) is 0 Å². The third-order valence-corrected chi connectivity index (χ3v) is 2.76. The molecule has 2 aromatic rings. The summed E-state index contributed by atoms with van der Waals surface area (Å²) in [5.74, 6) is 0.136. The summed E-state index contributed by atoms with van der Waals surface area (Å²) in [5, 5.41) is 5.34. The first kappa shape index (κ1) is 13.8. The summed E-state index contributed by atoms with van der Waals surface area (Å²) in [6.45, 7) is 1.94. The molecule has 0 aliphatic heterocycles. The standard InChI is InChI=1S/C14H16N4O2/c1-10(13(19)17-9-12-15-7-8-16-12)18-14(20)11-5-3-2-4-6-11/h2-8,10H,9H2,1H3,(H,15,16)(H,17,19)(H,18,20). The number of carbonyl (C=O) groups excluding carboxylic acids is 2. The van der Waals surface area contributed by atoms with Gasteiger partial charge in [-0.25, -0.2) is 4.98 Å². The maximum absolute atomic E-state index is 11.9. The van der Waals surface area contributed by atoms with Crippen LogP contribution in [0.5, 0.6) is 0 Å². The monoisotopic (exact) mass is 272 g/mol.